The maximum atomic E-state index is 12.2. The van der Waals surface area contributed by atoms with Gasteiger partial charge in [-0.1, -0.05) is 0 Å². The minimum absolute atomic E-state index is 0. The zero-order chi connectivity index (χ0) is 17.4. The molecule has 26 heavy (non-hydrogen) atoms. The van der Waals surface area contributed by atoms with Gasteiger partial charge < -0.3 is 15.0 Å². The Morgan fingerprint density at radius 3 is 2.35 bits per heavy atom. The molecular weight excluding hydrogens is 411 g/mol. The van der Waals surface area contributed by atoms with E-state index in [2.05, 4.69) is 14.9 Å². The predicted molar refractivity (Wildman–Crippen MR) is 102 cm³/mol. The summed E-state index contributed by atoms with van der Waals surface area (Å²) in [6.07, 6.45) is -1.83. The summed E-state index contributed by atoms with van der Waals surface area (Å²) in [6, 6.07) is 5.44. The van der Waals surface area contributed by atoms with Gasteiger partial charge in [-0.15, -0.1) is 24.8 Å². The monoisotopic (exact) mass is 435 g/mol. The maximum absolute atomic E-state index is 12.2. The average Bonchev–Trinajstić information content (AvgIpc) is 2.58. The second-order valence-corrected chi connectivity index (χ2v) is 7.28. The Kier molecular flexibility index (Phi) is 12.3. The summed E-state index contributed by atoms with van der Waals surface area (Å²) in [7, 11) is -3.60. The van der Waals surface area contributed by atoms with E-state index in [1.807, 2.05) is 0 Å². The van der Waals surface area contributed by atoms with Crippen LogP contribution < -0.4 is 14.8 Å². The minimum atomic E-state index is -3.60. The van der Waals surface area contributed by atoms with E-state index in [-0.39, 0.29) is 35.5 Å². The van der Waals surface area contributed by atoms with Gasteiger partial charge in [0.05, 0.1) is 4.90 Å². The van der Waals surface area contributed by atoms with Gasteiger partial charge in [-0.2, -0.15) is 0 Å². The lowest BCUT2D eigenvalue weighted by atomic mass is 10.3. The van der Waals surface area contributed by atoms with Crippen molar-refractivity contribution < 1.29 is 21.9 Å². The summed E-state index contributed by atoms with van der Waals surface area (Å²) in [6.45, 7) is 4.38. The molecule has 152 valence electrons. The molecule has 0 amide bonds. The third-order valence-electron chi connectivity index (χ3n) is 3.66. The van der Waals surface area contributed by atoms with Crippen molar-refractivity contribution in [3.63, 3.8) is 0 Å². The highest BCUT2D eigenvalue weighted by Gasteiger charge is 2.14. The van der Waals surface area contributed by atoms with E-state index in [9.17, 15) is 17.2 Å². The summed E-state index contributed by atoms with van der Waals surface area (Å²) in [5.41, 5.74) is 0. The van der Waals surface area contributed by atoms with Gasteiger partial charge in [0.15, 0.2) is 0 Å². The number of ether oxygens (including phenoxy) is 1. The van der Waals surface area contributed by atoms with Gasteiger partial charge in [0.25, 0.3) is 6.43 Å². The highest BCUT2D eigenvalue weighted by Crippen LogP contribution is 2.16. The van der Waals surface area contributed by atoms with Crippen LogP contribution in [0.2, 0.25) is 0 Å². The topological polar surface area (TPSA) is 70.7 Å². The van der Waals surface area contributed by atoms with Crippen LogP contribution in [0.25, 0.3) is 0 Å². The molecule has 1 aliphatic heterocycles. The molecule has 1 heterocycles. The molecule has 0 spiro atoms. The van der Waals surface area contributed by atoms with Crippen molar-refractivity contribution in [2.24, 2.45) is 0 Å². The fourth-order valence-electron chi connectivity index (χ4n) is 2.40. The van der Waals surface area contributed by atoms with E-state index in [0.29, 0.717) is 6.54 Å². The van der Waals surface area contributed by atoms with Gasteiger partial charge in [0.2, 0.25) is 10.0 Å². The number of hydrogen-bond acceptors (Lipinski definition) is 5. The van der Waals surface area contributed by atoms with Gasteiger partial charge in [-0.3, -0.25) is 0 Å². The van der Waals surface area contributed by atoms with Crippen molar-refractivity contribution in [3.8, 4) is 5.75 Å². The summed E-state index contributed by atoms with van der Waals surface area (Å²) >= 11 is 0. The van der Waals surface area contributed by atoms with Crippen LogP contribution in [0.1, 0.15) is 6.42 Å². The number of halogens is 4. The zero-order valence-corrected chi connectivity index (χ0v) is 16.6. The zero-order valence-electron chi connectivity index (χ0n) is 14.2. The summed E-state index contributed by atoms with van der Waals surface area (Å²) in [4.78, 5) is 2.38. The van der Waals surface area contributed by atoms with Crippen molar-refractivity contribution in [2.45, 2.75) is 17.7 Å². The Morgan fingerprint density at radius 2 is 1.77 bits per heavy atom. The number of sulfonamides is 1. The Labute approximate surface area is 165 Å². The first-order valence-corrected chi connectivity index (χ1v) is 9.39. The fourth-order valence-corrected chi connectivity index (χ4v) is 3.48. The second-order valence-electron chi connectivity index (χ2n) is 5.52. The van der Waals surface area contributed by atoms with Crippen LogP contribution in [0.3, 0.4) is 0 Å². The Hall–Kier alpha value is -0.710. The standard InChI is InChI=1S/C15H23F2N3O3S.2ClH/c16-15(17)12-23-13-2-4-14(5-3-13)24(21,22)19-6-1-9-20-10-7-18-8-11-20;;/h2-5,15,18-19H,1,6-12H2;2*1H. The summed E-state index contributed by atoms with van der Waals surface area (Å²) in [5, 5.41) is 3.27. The van der Waals surface area contributed by atoms with Crippen LogP contribution in [0, 0.1) is 0 Å². The number of nitrogens with zero attached hydrogens (tertiary/aromatic N) is 1. The highest BCUT2D eigenvalue weighted by atomic mass is 35.5. The molecular formula is C15H25Cl2F2N3O3S. The van der Waals surface area contributed by atoms with Crippen LogP contribution in [-0.2, 0) is 10.0 Å². The van der Waals surface area contributed by atoms with E-state index in [1.165, 1.54) is 24.3 Å². The Morgan fingerprint density at radius 1 is 1.15 bits per heavy atom. The molecule has 6 nitrogen and oxygen atoms in total. The average molecular weight is 436 g/mol. The lowest BCUT2D eigenvalue weighted by Gasteiger charge is -2.27. The van der Waals surface area contributed by atoms with Crippen molar-refractivity contribution in [1.82, 2.24) is 14.9 Å². The third kappa shape index (κ3) is 8.79. The smallest absolute Gasteiger partial charge is 0.272 e. The molecule has 0 saturated carbocycles. The number of rotatable bonds is 9. The molecule has 1 aromatic carbocycles. The molecule has 1 aromatic rings. The molecule has 0 radical (unpaired) electrons. The molecule has 11 heteroatoms. The predicted octanol–water partition coefficient (Wildman–Crippen LogP) is 1.75. The fraction of sp³-hybridized carbons (Fsp3) is 0.600. The molecule has 0 unspecified atom stereocenters. The summed E-state index contributed by atoms with van der Waals surface area (Å²) in [5.74, 6) is 0.216. The van der Waals surface area contributed by atoms with Crippen molar-refractivity contribution in [2.75, 3.05) is 45.9 Å². The number of benzene rings is 1. The van der Waals surface area contributed by atoms with E-state index >= 15 is 0 Å². The normalized spacial score (nSPS) is 15.2. The van der Waals surface area contributed by atoms with Crippen LogP contribution in [0.15, 0.2) is 29.2 Å². The molecule has 1 aliphatic rings. The van der Waals surface area contributed by atoms with Crippen molar-refractivity contribution in [3.05, 3.63) is 24.3 Å². The Balaban J connectivity index is 0.00000312. The minimum Gasteiger partial charge on any atom is -0.488 e. The molecule has 2 N–H and O–H groups in total. The second kappa shape index (κ2) is 12.6. The van der Waals surface area contributed by atoms with Crippen LogP contribution >= 0.6 is 24.8 Å². The molecule has 1 saturated heterocycles. The van der Waals surface area contributed by atoms with E-state index in [4.69, 9.17) is 4.74 Å². The molecule has 0 bridgehead atoms. The number of hydrogen-bond donors (Lipinski definition) is 2. The first-order chi connectivity index (χ1) is 11.5. The van der Waals surface area contributed by atoms with E-state index in [0.717, 1.165) is 39.1 Å². The largest absolute Gasteiger partial charge is 0.488 e. The van der Waals surface area contributed by atoms with Crippen LogP contribution in [-0.4, -0.2) is 65.6 Å². The van der Waals surface area contributed by atoms with Gasteiger partial charge in [0, 0.05) is 32.7 Å². The first-order valence-electron chi connectivity index (χ1n) is 7.91. The summed E-state index contributed by atoms with van der Waals surface area (Å²) < 4.78 is 55.8. The molecule has 0 atom stereocenters. The van der Waals surface area contributed by atoms with Crippen LogP contribution in [0.5, 0.6) is 5.75 Å². The van der Waals surface area contributed by atoms with Crippen molar-refractivity contribution >= 4 is 34.8 Å². The number of piperazine rings is 1. The van der Waals surface area contributed by atoms with Gasteiger partial charge in [0.1, 0.15) is 12.4 Å². The lowest BCUT2D eigenvalue weighted by molar-refractivity contribution is 0.0819. The van der Waals surface area contributed by atoms with E-state index in [1.54, 1.807) is 0 Å². The Bertz CT molecular complexity index is 601. The molecule has 2 rings (SSSR count). The third-order valence-corrected chi connectivity index (χ3v) is 5.14. The lowest BCUT2D eigenvalue weighted by Crippen LogP contribution is -2.44. The van der Waals surface area contributed by atoms with Gasteiger partial charge in [-0.05, 0) is 37.2 Å². The van der Waals surface area contributed by atoms with Crippen LogP contribution in [0.4, 0.5) is 8.78 Å². The highest BCUT2D eigenvalue weighted by molar-refractivity contribution is 7.89. The molecule has 1 fully saturated rings. The molecule has 0 aliphatic carbocycles. The SMILES string of the molecule is Cl.Cl.O=S(=O)(NCCCN1CCNCC1)c1ccc(OCC(F)F)cc1. The number of alkyl halides is 2. The van der Waals surface area contributed by atoms with Gasteiger partial charge >= 0.3 is 0 Å². The van der Waals surface area contributed by atoms with Gasteiger partial charge in [-0.25, -0.2) is 21.9 Å². The molecule has 0 aromatic heterocycles. The van der Waals surface area contributed by atoms with E-state index < -0.39 is 23.1 Å². The first kappa shape index (κ1) is 25.3. The quantitative estimate of drug-likeness (QED) is 0.578. The maximum Gasteiger partial charge on any atom is 0.272 e. The number of nitrogens with one attached hydrogen (secondary N) is 2. The van der Waals surface area contributed by atoms with Crippen molar-refractivity contribution in [1.29, 1.82) is 0 Å².